The van der Waals surface area contributed by atoms with Crippen LogP contribution in [0.4, 0.5) is 0 Å². The average Bonchev–Trinajstić information content (AvgIpc) is 2.46. The number of nitrogens with one attached hydrogen (secondary N) is 1. The first-order chi connectivity index (χ1) is 10.4. The Labute approximate surface area is 135 Å². The number of amides is 1. The summed E-state index contributed by atoms with van der Waals surface area (Å²) in [5.41, 5.74) is 3.70. The van der Waals surface area contributed by atoms with Gasteiger partial charge in [-0.2, -0.15) is 0 Å². The van der Waals surface area contributed by atoms with Crippen molar-refractivity contribution in [3.8, 4) is 0 Å². The zero-order valence-corrected chi connectivity index (χ0v) is 14.5. The van der Waals surface area contributed by atoms with E-state index >= 15 is 0 Å². The Kier molecular flexibility index (Phi) is 7.89. The number of hydrogen-bond donors (Lipinski definition) is 1. The third-order valence-corrected chi connectivity index (χ3v) is 3.69. The predicted octanol–water partition coefficient (Wildman–Crippen LogP) is 3.37. The molecule has 3 heteroatoms. The fourth-order valence-corrected chi connectivity index (χ4v) is 2.34. The fraction of sp³-hybridized carbons (Fsp3) is 0.526. The minimum atomic E-state index is 0.0851. The highest BCUT2D eigenvalue weighted by molar-refractivity contribution is 5.78. The minimum Gasteiger partial charge on any atom is -0.355 e. The van der Waals surface area contributed by atoms with Gasteiger partial charge in [-0.15, -0.1) is 0 Å². The zero-order chi connectivity index (χ0) is 16.5. The van der Waals surface area contributed by atoms with Gasteiger partial charge < -0.3 is 5.32 Å². The molecule has 1 N–H and O–H groups in total. The van der Waals surface area contributed by atoms with E-state index in [1.807, 2.05) is 6.92 Å². The van der Waals surface area contributed by atoms with E-state index in [9.17, 15) is 4.79 Å². The largest absolute Gasteiger partial charge is 0.355 e. The van der Waals surface area contributed by atoms with Gasteiger partial charge in [-0.05, 0) is 36.9 Å². The van der Waals surface area contributed by atoms with Crippen LogP contribution in [0.2, 0.25) is 0 Å². The second-order valence-electron chi connectivity index (χ2n) is 6.26. The average molecular weight is 302 g/mol. The molecule has 0 spiro atoms. The first kappa shape index (κ1) is 18.4. The number of carbonyl (C=O) groups is 1. The van der Waals surface area contributed by atoms with Crippen molar-refractivity contribution < 1.29 is 4.79 Å². The Morgan fingerprint density at radius 2 is 1.86 bits per heavy atom. The second-order valence-corrected chi connectivity index (χ2v) is 6.26. The van der Waals surface area contributed by atoms with Gasteiger partial charge in [0.1, 0.15) is 0 Å². The molecule has 1 amide bonds. The van der Waals surface area contributed by atoms with Gasteiger partial charge in [0.2, 0.25) is 5.91 Å². The van der Waals surface area contributed by atoms with E-state index in [4.69, 9.17) is 0 Å². The van der Waals surface area contributed by atoms with Gasteiger partial charge in [-0.25, -0.2) is 0 Å². The zero-order valence-electron chi connectivity index (χ0n) is 14.5. The summed E-state index contributed by atoms with van der Waals surface area (Å²) >= 11 is 0. The molecule has 0 aliphatic carbocycles. The topological polar surface area (TPSA) is 32.3 Å². The maximum absolute atomic E-state index is 11.9. The normalized spacial score (nSPS) is 11.0. The summed E-state index contributed by atoms with van der Waals surface area (Å²) < 4.78 is 0. The van der Waals surface area contributed by atoms with Crippen molar-refractivity contribution in [2.75, 3.05) is 26.2 Å². The van der Waals surface area contributed by atoms with Crippen LogP contribution in [-0.2, 0) is 11.2 Å². The number of carbonyl (C=O) groups excluding carboxylic acids is 1. The standard InChI is InChI=1S/C19H30N2O/c1-6-21(13-15(2)3)14-19(22)20-12-11-17-7-9-18(10-8-17)16(4)5/h7-10,16H,2,6,11-14H2,1,3-5H3,(H,20,22). The maximum Gasteiger partial charge on any atom is 0.234 e. The molecule has 1 rings (SSSR count). The highest BCUT2D eigenvalue weighted by Crippen LogP contribution is 2.14. The molecule has 122 valence electrons. The Morgan fingerprint density at radius 1 is 1.23 bits per heavy atom. The molecule has 0 unspecified atom stereocenters. The van der Waals surface area contributed by atoms with Crippen LogP contribution in [0.3, 0.4) is 0 Å². The molecule has 1 aromatic carbocycles. The van der Waals surface area contributed by atoms with Crippen LogP contribution in [-0.4, -0.2) is 37.0 Å². The van der Waals surface area contributed by atoms with E-state index in [0.29, 0.717) is 19.0 Å². The highest BCUT2D eigenvalue weighted by Gasteiger charge is 2.08. The highest BCUT2D eigenvalue weighted by atomic mass is 16.2. The molecule has 0 aromatic heterocycles. The van der Waals surface area contributed by atoms with Crippen molar-refractivity contribution >= 4 is 5.91 Å². The molecule has 0 saturated heterocycles. The summed E-state index contributed by atoms with van der Waals surface area (Å²) in [4.78, 5) is 14.0. The summed E-state index contributed by atoms with van der Waals surface area (Å²) in [5, 5.41) is 3.00. The molecule has 0 atom stereocenters. The van der Waals surface area contributed by atoms with Gasteiger partial charge in [0.25, 0.3) is 0 Å². The molecule has 0 aliphatic rings. The summed E-state index contributed by atoms with van der Waals surface area (Å²) in [6.45, 7) is 15.1. The Morgan fingerprint density at radius 3 is 2.36 bits per heavy atom. The number of nitrogens with zero attached hydrogens (tertiary/aromatic N) is 1. The molecule has 0 heterocycles. The summed E-state index contributed by atoms with van der Waals surface area (Å²) in [6, 6.07) is 8.66. The van der Waals surface area contributed by atoms with Crippen molar-refractivity contribution in [1.82, 2.24) is 10.2 Å². The first-order valence-electron chi connectivity index (χ1n) is 8.14. The van der Waals surface area contributed by atoms with E-state index in [0.717, 1.165) is 25.1 Å². The van der Waals surface area contributed by atoms with Gasteiger partial charge in [0.15, 0.2) is 0 Å². The minimum absolute atomic E-state index is 0.0851. The molecule has 3 nitrogen and oxygen atoms in total. The molecular formula is C19H30N2O. The number of likely N-dealkylation sites (N-methyl/N-ethyl adjacent to an activating group) is 1. The molecular weight excluding hydrogens is 272 g/mol. The maximum atomic E-state index is 11.9. The van der Waals surface area contributed by atoms with Gasteiger partial charge >= 0.3 is 0 Å². The fourth-order valence-electron chi connectivity index (χ4n) is 2.34. The third-order valence-electron chi connectivity index (χ3n) is 3.69. The molecule has 1 aromatic rings. The smallest absolute Gasteiger partial charge is 0.234 e. The van der Waals surface area contributed by atoms with Gasteiger partial charge in [0, 0.05) is 13.1 Å². The molecule has 0 radical (unpaired) electrons. The van der Waals surface area contributed by atoms with Gasteiger partial charge in [-0.3, -0.25) is 9.69 Å². The van der Waals surface area contributed by atoms with Crippen molar-refractivity contribution in [2.45, 2.75) is 40.0 Å². The molecule has 0 aliphatic heterocycles. The molecule has 0 saturated carbocycles. The van der Waals surface area contributed by atoms with Crippen LogP contribution in [0, 0.1) is 0 Å². The summed E-state index contributed by atoms with van der Waals surface area (Å²) in [5.74, 6) is 0.643. The Balaban J connectivity index is 2.33. The Bertz CT molecular complexity index is 477. The summed E-state index contributed by atoms with van der Waals surface area (Å²) in [7, 11) is 0. The van der Waals surface area contributed by atoms with Gasteiger partial charge in [0.05, 0.1) is 6.54 Å². The molecule has 22 heavy (non-hydrogen) atoms. The molecule has 0 fully saturated rings. The number of rotatable bonds is 9. The lowest BCUT2D eigenvalue weighted by Gasteiger charge is -2.19. The van der Waals surface area contributed by atoms with E-state index in [2.05, 4.69) is 61.8 Å². The van der Waals surface area contributed by atoms with Crippen molar-refractivity contribution in [3.63, 3.8) is 0 Å². The number of hydrogen-bond acceptors (Lipinski definition) is 2. The van der Waals surface area contributed by atoms with Crippen molar-refractivity contribution in [1.29, 1.82) is 0 Å². The van der Waals surface area contributed by atoms with Crippen LogP contribution in [0.15, 0.2) is 36.4 Å². The lowest BCUT2D eigenvalue weighted by Crippen LogP contribution is -2.38. The van der Waals surface area contributed by atoms with Crippen LogP contribution in [0.25, 0.3) is 0 Å². The second kappa shape index (κ2) is 9.42. The monoisotopic (exact) mass is 302 g/mol. The number of benzene rings is 1. The quantitative estimate of drug-likeness (QED) is 0.709. The van der Waals surface area contributed by atoms with Gasteiger partial charge in [-0.1, -0.05) is 57.2 Å². The predicted molar refractivity (Wildman–Crippen MR) is 94.2 cm³/mol. The lowest BCUT2D eigenvalue weighted by molar-refractivity contribution is -0.122. The van der Waals surface area contributed by atoms with E-state index < -0.39 is 0 Å². The van der Waals surface area contributed by atoms with Crippen LogP contribution >= 0.6 is 0 Å². The van der Waals surface area contributed by atoms with Crippen molar-refractivity contribution in [3.05, 3.63) is 47.5 Å². The summed E-state index contributed by atoms with van der Waals surface area (Å²) in [6.07, 6.45) is 0.872. The first-order valence-corrected chi connectivity index (χ1v) is 8.14. The van der Waals surface area contributed by atoms with E-state index in [1.54, 1.807) is 0 Å². The third kappa shape index (κ3) is 6.90. The van der Waals surface area contributed by atoms with Crippen LogP contribution in [0.5, 0.6) is 0 Å². The van der Waals surface area contributed by atoms with E-state index in [-0.39, 0.29) is 5.91 Å². The van der Waals surface area contributed by atoms with Crippen molar-refractivity contribution in [2.24, 2.45) is 0 Å². The SMILES string of the molecule is C=C(C)CN(CC)CC(=O)NCCc1ccc(C(C)C)cc1. The molecule has 0 bridgehead atoms. The lowest BCUT2D eigenvalue weighted by atomic mass is 10.0. The van der Waals surface area contributed by atoms with Crippen LogP contribution in [0.1, 0.15) is 44.7 Å². The Hall–Kier alpha value is -1.61. The van der Waals surface area contributed by atoms with Crippen LogP contribution < -0.4 is 5.32 Å². The van der Waals surface area contributed by atoms with E-state index in [1.165, 1.54) is 11.1 Å².